The van der Waals surface area contributed by atoms with Gasteiger partial charge in [0.25, 0.3) is 5.91 Å². The van der Waals surface area contributed by atoms with E-state index in [1.165, 1.54) is 0 Å². The number of carbonyl (C=O) groups excluding carboxylic acids is 1. The number of amides is 1. The number of carbonyl (C=O) groups is 1. The lowest BCUT2D eigenvalue weighted by Gasteiger charge is -2.13. The monoisotopic (exact) mass is 308 g/mol. The maximum Gasteiger partial charge on any atom is 0.268 e. The van der Waals surface area contributed by atoms with Crippen LogP contribution in [-0.2, 0) is 0 Å². The number of hydrogen-bond donors (Lipinski definition) is 1. The normalized spacial score (nSPS) is 16.1. The number of hydrogen-bond acceptors (Lipinski definition) is 1. The minimum atomic E-state index is -0.177. The van der Waals surface area contributed by atoms with Crippen molar-refractivity contribution in [3.05, 3.63) is 22.4 Å². The highest BCUT2D eigenvalue weighted by Crippen LogP contribution is 2.37. The minimum absolute atomic E-state index is 0.0796. The largest absolute Gasteiger partial charge is 0.339 e. The summed E-state index contributed by atoms with van der Waals surface area (Å²) in [5.41, 5.74) is 0.695. The van der Waals surface area contributed by atoms with Crippen LogP contribution in [0, 0.1) is 12.3 Å². The number of terminal acetylenes is 1. The third-order valence-electron chi connectivity index (χ3n) is 3.07. The fraction of sp³-hybridized carbons (Fsp3) is 0.500. The van der Waals surface area contributed by atoms with Gasteiger partial charge in [-0.05, 0) is 41.3 Å². The van der Waals surface area contributed by atoms with Crippen LogP contribution in [0.4, 0.5) is 0 Å². The van der Waals surface area contributed by atoms with E-state index in [0.29, 0.717) is 11.7 Å². The van der Waals surface area contributed by atoms with Gasteiger partial charge in [-0.15, -0.1) is 6.42 Å². The van der Waals surface area contributed by atoms with E-state index in [2.05, 4.69) is 34.1 Å². The lowest BCUT2D eigenvalue weighted by Crippen LogP contribution is -2.34. The molecule has 1 saturated carbocycles. The summed E-state index contributed by atoms with van der Waals surface area (Å²) < 4.78 is 2.98. The summed E-state index contributed by atoms with van der Waals surface area (Å²) in [6.07, 6.45) is 11.5. The predicted molar refractivity (Wildman–Crippen MR) is 75.4 cm³/mol. The van der Waals surface area contributed by atoms with Crippen LogP contribution in [0.1, 0.15) is 49.1 Å². The lowest BCUT2D eigenvalue weighted by molar-refractivity contribution is 0.0934. The molecule has 1 atom stereocenters. The van der Waals surface area contributed by atoms with Gasteiger partial charge < -0.3 is 9.88 Å². The van der Waals surface area contributed by atoms with Crippen molar-refractivity contribution in [3.8, 4) is 12.3 Å². The summed E-state index contributed by atoms with van der Waals surface area (Å²) in [7, 11) is 0. The smallest absolute Gasteiger partial charge is 0.268 e. The van der Waals surface area contributed by atoms with Crippen LogP contribution in [0.25, 0.3) is 0 Å². The number of aromatic nitrogens is 1. The topological polar surface area (TPSA) is 34.0 Å². The van der Waals surface area contributed by atoms with Crippen molar-refractivity contribution >= 4 is 21.8 Å². The lowest BCUT2D eigenvalue weighted by atomic mass is 10.2. The van der Waals surface area contributed by atoms with Gasteiger partial charge in [-0.1, -0.05) is 19.3 Å². The van der Waals surface area contributed by atoms with Crippen molar-refractivity contribution in [1.82, 2.24) is 9.88 Å². The molecule has 0 saturated heterocycles. The zero-order valence-electron chi connectivity index (χ0n) is 10.4. The molecule has 4 heteroatoms. The SMILES string of the molecule is C#CC(CCC)NC(=O)c1cc(Br)cn1C1CC1. The summed E-state index contributed by atoms with van der Waals surface area (Å²) in [5.74, 6) is 2.54. The maximum atomic E-state index is 12.2. The number of nitrogens with one attached hydrogen (secondary N) is 1. The number of rotatable bonds is 5. The van der Waals surface area contributed by atoms with Gasteiger partial charge in [-0.25, -0.2) is 0 Å². The van der Waals surface area contributed by atoms with Gasteiger partial charge in [0.15, 0.2) is 0 Å². The first kappa shape index (κ1) is 13.2. The Hall–Kier alpha value is -1.21. The standard InChI is InChI=1S/C14H17BrN2O/c1-3-5-11(4-2)16-14(18)13-8-10(15)9-17(13)12-6-7-12/h2,8-9,11-12H,3,5-7H2,1H3,(H,16,18). The Morgan fingerprint density at radius 2 is 2.44 bits per heavy atom. The molecule has 18 heavy (non-hydrogen) atoms. The summed E-state index contributed by atoms with van der Waals surface area (Å²) >= 11 is 3.42. The molecule has 3 nitrogen and oxygen atoms in total. The zero-order valence-corrected chi connectivity index (χ0v) is 12.0. The number of halogens is 1. The van der Waals surface area contributed by atoms with Gasteiger partial charge in [0.2, 0.25) is 0 Å². The zero-order chi connectivity index (χ0) is 13.1. The predicted octanol–water partition coefficient (Wildman–Crippen LogP) is 3.12. The average molecular weight is 309 g/mol. The van der Waals surface area contributed by atoms with Crippen molar-refractivity contribution in [2.45, 2.75) is 44.7 Å². The van der Waals surface area contributed by atoms with Crippen molar-refractivity contribution in [2.75, 3.05) is 0 Å². The van der Waals surface area contributed by atoms with Gasteiger partial charge in [0.1, 0.15) is 5.69 Å². The molecule has 1 amide bonds. The molecule has 0 radical (unpaired) electrons. The quantitative estimate of drug-likeness (QED) is 0.833. The second-order valence-electron chi connectivity index (χ2n) is 4.66. The Labute approximate surface area is 116 Å². The molecule has 2 rings (SSSR count). The van der Waals surface area contributed by atoms with E-state index in [1.54, 1.807) is 0 Å². The highest BCUT2D eigenvalue weighted by atomic mass is 79.9. The van der Waals surface area contributed by atoms with Gasteiger partial charge in [0, 0.05) is 16.7 Å². The van der Waals surface area contributed by atoms with Crippen LogP contribution in [0.15, 0.2) is 16.7 Å². The van der Waals surface area contributed by atoms with E-state index in [1.807, 2.05) is 16.8 Å². The van der Waals surface area contributed by atoms with E-state index in [4.69, 9.17) is 6.42 Å². The van der Waals surface area contributed by atoms with Crippen LogP contribution in [0.2, 0.25) is 0 Å². The first-order valence-electron chi connectivity index (χ1n) is 6.30. The molecule has 1 aliphatic rings. The minimum Gasteiger partial charge on any atom is -0.339 e. The molecule has 96 valence electrons. The molecule has 1 fully saturated rings. The molecule has 1 N–H and O–H groups in total. The van der Waals surface area contributed by atoms with Crippen LogP contribution in [-0.4, -0.2) is 16.5 Å². The summed E-state index contributed by atoms with van der Waals surface area (Å²) in [6.45, 7) is 2.06. The fourth-order valence-corrected chi connectivity index (χ4v) is 2.44. The second kappa shape index (κ2) is 5.62. The maximum absolute atomic E-state index is 12.2. The Morgan fingerprint density at radius 1 is 1.72 bits per heavy atom. The summed E-state index contributed by atoms with van der Waals surface area (Å²) in [4.78, 5) is 12.2. The third-order valence-corrected chi connectivity index (χ3v) is 3.51. The third kappa shape index (κ3) is 2.97. The van der Waals surface area contributed by atoms with E-state index in [-0.39, 0.29) is 11.9 Å². The summed E-state index contributed by atoms with van der Waals surface area (Å²) in [6, 6.07) is 2.16. The fourth-order valence-electron chi connectivity index (χ4n) is 2.00. The van der Waals surface area contributed by atoms with Crippen molar-refractivity contribution in [2.24, 2.45) is 0 Å². The molecule has 1 heterocycles. The molecule has 1 aromatic rings. The molecular weight excluding hydrogens is 292 g/mol. The molecule has 1 unspecified atom stereocenters. The first-order valence-corrected chi connectivity index (χ1v) is 7.09. The molecule has 0 aliphatic heterocycles. The van der Waals surface area contributed by atoms with Crippen LogP contribution >= 0.6 is 15.9 Å². The first-order chi connectivity index (χ1) is 8.65. The highest BCUT2D eigenvalue weighted by molar-refractivity contribution is 9.10. The van der Waals surface area contributed by atoms with Crippen molar-refractivity contribution < 1.29 is 4.79 Å². The van der Waals surface area contributed by atoms with Crippen molar-refractivity contribution in [1.29, 1.82) is 0 Å². The van der Waals surface area contributed by atoms with Gasteiger partial charge in [-0.3, -0.25) is 4.79 Å². The van der Waals surface area contributed by atoms with Crippen molar-refractivity contribution in [3.63, 3.8) is 0 Å². The Morgan fingerprint density at radius 3 is 3.00 bits per heavy atom. The highest BCUT2D eigenvalue weighted by Gasteiger charge is 2.28. The number of nitrogens with zero attached hydrogens (tertiary/aromatic N) is 1. The molecule has 0 aromatic carbocycles. The molecular formula is C14H17BrN2O. The van der Waals surface area contributed by atoms with E-state index in [0.717, 1.165) is 30.2 Å². The molecule has 1 aromatic heterocycles. The van der Waals surface area contributed by atoms with E-state index in [9.17, 15) is 4.79 Å². The van der Waals surface area contributed by atoms with E-state index >= 15 is 0 Å². The van der Waals surface area contributed by atoms with Crippen LogP contribution < -0.4 is 5.32 Å². The second-order valence-corrected chi connectivity index (χ2v) is 5.58. The van der Waals surface area contributed by atoms with Gasteiger partial charge in [0.05, 0.1) is 6.04 Å². The van der Waals surface area contributed by atoms with E-state index < -0.39 is 0 Å². The van der Waals surface area contributed by atoms with Gasteiger partial charge in [-0.2, -0.15) is 0 Å². The van der Waals surface area contributed by atoms with Crippen LogP contribution in [0.5, 0.6) is 0 Å². The Balaban J connectivity index is 2.11. The molecule has 0 bridgehead atoms. The summed E-state index contributed by atoms with van der Waals surface area (Å²) in [5, 5.41) is 2.90. The molecule has 1 aliphatic carbocycles. The Kier molecular flexibility index (Phi) is 4.13. The van der Waals surface area contributed by atoms with Crippen LogP contribution in [0.3, 0.4) is 0 Å². The average Bonchev–Trinajstić information content (AvgIpc) is 3.11. The van der Waals surface area contributed by atoms with Gasteiger partial charge >= 0.3 is 0 Å². The molecule has 0 spiro atoms. The Bertz CT molecular complexity index is 482.